The van der Waals surface area contributed by atoms with Crippen molar-refractivity contribution in [2.24, 2.45) is 0 Å². The molecule has 0 amide bonds. The lowest BCUT2D eigenvalue weighted by molar-refractivity contribution is -0.868. The smallest absolute Gasteiger partial charge is 0.0786 e. The molecule has 1 aliphatic heterocycles. The van der Waals surface area contributed by atoms with Crippen molar-refractivity contribution in [3.8, 4) is 0 Å². The van der Waals surface area contributed by atoms with Crippen molar-refractivity contribution in [1.82, 2.24) is 0 Å². The molecule has 96 valence electrons. The first-order valence-electron chi connectivity index (χ1n) is 7.34. The van der Waals surface area contributed by atoms with Crippen LogP contribution in [0.4, 0.5) is 0 Å². The van der Waals surface area contributed by atoms with Crippen LogP contribution in [0.2, 0.25) is 0 Å². The van der Waals surface area contributed by atoms with E-state index in [1.54, 1.807) is 0 Å². The summed E-state index contributed by atoms with van der Waals surface area (Å²) < 4.78 is 0.121. The molecule has 1 heterocycles. The van der Waals surface area contributed by atoms with Crippen LogP contribution in [0.3, 0.4) is 0 Å². The molecule has 0 unspecified atom stereocenters. The van der Waals surface area contributed by atoms with Crippen molar-refractivity contribution in [3.63, 3.8) is 0 Å². The van der Waals surface area contributed by atoms with E-state index < -0.39 is 0 Å². The Morgan fingerprint density at radius 2 is 1.31 bits per heavy atom. The van der Waals surface area contributed by atoms with Crippen LogP contribution in [0.25, 0.3) is 0 Å². The van der Waals surface area contributed by atoms with Crippen molar-refractivity contribution in [2.75, 3.05) is 19.6 Å². The molecule has 0 bridgehead atoms. The molecule has 0 spiro atoms. The molecule has 1 rings (SSSR count). The van der Waals surface area contributed by atoms with Gasteiger partial charge in [0.25, 0.3) is 0 Å². The molecule has 16 heavy (non-hydrogen) atoms. The lowest BCUT2D eigenvalue weighted by Crippen LogP contribution is -2.39. The fourth-order valence-corrected chi connectivity index (χ4v) is 2.67. The fraction of sp³-hybridized carbons (Fsp3) is 1.00. The molecule has 0 aromatic carbocycles. The lowest BCUT2D eigenvalue weighted by Gasteiger charge is -2.38. The van der Waals surface area contributed by atoms with Crippen LogP contribution in [0.5, 0.6) is 0 Å². The van der Waals surface area contributed by atoms with Gasteiger partial charge in [-0.3, -0.25) is 0 Å². The molecule has 1 fully saturated rings. The summed E-state index contributed by atoms with van der Waals surface area (Å²) in [5.41, 5.74) is 0. The van der Waals surface area contributed by atoms with Gasteiger partial charge in [0.05, 0.1) is 19.6 Å². The first-order chi connectivity index (χ1) is 7.77. The normalized spacial score (nSPS) is 19.1. The summed E-state index contributed by atoms with van der Waals surface area (Å²) in [6.45, 7) is 4.91. The number of quaternary nitrogens is 1. The van der Waals surface area contributed by atoms with Crippen molar-refractivity contribution in [3.05, 3.63) is 5.21 Å². The molecule has 1 aliphatic rings. The van der Waals surface area contributed by atoms with E-state index >= 15 is 0 Å². The minimum atomic E-state index is 0.121. The highest BCUT2D eigenvalue weighted by molar-refractivity contribution is 4.55. The maximum Gasteiger partial charge on any atom is 0.0786 e. The highest BCUT2D eigenvalue weighted by Crippen LogP contribution is 2.19. The summed E-state index contributed by atoms with van der Waals surface area (Å²) in [7, 11) is 0. The van der Waals surface area contributed by atoms with Crippen LogP contribution in [0, 0.1) is 5.21 Å². The molecule has 1 saturated heterocycles. The van der Waals surface area contributed by atoms with Crippen LogP contribution in [-0.4, -0.2) is 24.3 Å². The van der Waals surface area contributed by atoms with Gasteiger partial charge in [0, 0.05) is 12.8 Å². The van der Waals surface area contributed by atoms with Gasteiger partial charge in [-0.1, -0.05) is 45.4 Å². The van der Waals surface area contributed by atoms with E-state index in [0.717, 1.165) is 38.9 Å². The van der Waals surface area contributed by atoms with E-state index in [9.17, 15) is 5.21 Å². The van der Waals surface area contributed by atoms with Crippen molar-refractivity contribution in [1.29, 1.82) is 0 Å². The molecular weight excluding hydrogens is 198 g/mol. The van der Waals surface area contributed by atoms with E-state index in [-0.39, 0.29) is 4.65 Å². The van der Waals surface area contributed by atoms with E-state index in [2.05, 4.69) is 6.92 Å². The molecule has 0 aromatic rings. The third-order valence-corrected chi connectivity index (χ3v) is 3.80. The Bertz CT molecular complexity index is 164. The summed E-state index contributed by atoms with van der Waals surface area (Å²) in [6.07, 6.45) is 13.0. The van der Waals surface area contributed by atoms with Gasteiger partial charge in [0.15, 0.2) is 0 Å². The zero-order chi connectivity index (χ0) is 11.7. The van der Waals surface area contributed by atoms with Crippen LogP contribution in [-0.2, 0) is 0 Å². The highest BCUT2D eigenvalue weighted by atomic mass is 16.5. The Hall–Kier alpha value is -0.0800. The summed E-state index contributed by atoms with van der Waals surface area (Å²) >= 11 is 0. The standard InChI is InChI=1S/C14H29NO/c1-2-3-4-5-6-7-8-9-12-15(16)13-10-11-14-15/h2-14H2,1H3. The maximum atomic E-state index is 12.0. The summed E-state index contributed by atoms with van der Waals surface area (Å²) in [5.74, 6) is 0. The Balaban J connectivity index is 1.84. The Labute approximate surface area is 101 Å². The molecular formula is C14H29NO. The number of unbranched alkanes of at least 4 members (excludes halogenated alkanes) is 7. The number of hydrogen-bond donors (Lipinski definition) is 0. The third-order valence-electron chi connectivity index (χ3n) is 3.80. The summed E-state index contributed by atoms with van der Waals surface area (Å²) in [4.78, 5) is 0. The summed E-state index contributed by atoms with van der Waals surface area (Å²) in [5, 5.41) is 12.0. The molecule has 0 saturated carbocycles. The molecule has 2 nitrogen and oxygen atoms in total. The molecule has 0 aliphatic carbocycles. The van der Waals surface area contributed by atoms with Gasteiger partial charge in [-0.05, 0) is 12.8 Å². The molecule has 0 atom stereocenters. The van der Waals surface area contributed by atoms with Crippen molar-refractivity contribution >= 4 is 0 Å². The monoisotopic (exact) mass is 227 g/mol. The van der Waals surface area contributed by atoms with Gasteiger partial charge in [-0.25, -0.2) is 0 Å². The number of rotatable bonds is 9. The highest BCUT2D eigenvalue weighted by Gasteiger charge is 2.21. The van der Waals surface area contributed by atoms with Crippen LogP contribution < -0.4 is 0 Å². The van der Waals surface area contributed by atoms with E-state index in [1.807, 2.05) is 0 Å². The molecule has 0 N–H and O–H groups in total. The van der Waals surface area contributed by atoms with E-state index in [0.29, 0.717) is 0 Å². The van der Waals surface area contributed by atoms with Crippen LogP contribution in [0.15, 0.2) is 0 Å². The van der Waals surface area contributed by atoms with Crippen molar-refractivity contribution < 1.29 is 4.65 Å². The third kappa shape index (κ3) is 5.86. The molecule has 0 aromatic heterocycles. The predicted octanol–water partition coefficient (Wildman–Crippen LogP) is 4.24. The van der Waals surface area contributed by atoms with Crippen LogP contribution in [0.1, 0.15) is 71.1 Å². The number of nitrogens with zero attached hydrogens (tertiary/aromatic N) is 1. The quantitative estimate of drug-likeness (QED) is 0.328. The van der Waals surface area contributed by atoms with E-state index in [4.69, 9.17) is 0 Å². The van der Waals surface area contributed by atoms with Gasteiger partial charge in [0.1, 0.15) is 0 Å². The second kappa shape index (κ2) is 8.08. The molecule has 0 radical (unpaired) electrons. The second-order valence-electron chi connectivity index (χ2n) is 5.41. The minimum Gasteiger partial charge on any atom is -0.633 e. The fourth-order valence-electron chi connectivity index (χ4n) is 2.67. The number of likely N-dealkylation sites (tertiary alicyclic amines) is 1. The summed E-state index contributed by atoms with van der Waals surface area (Å²) in [6, 6.07) is 0. The number of hydroxylamine groups is 3. The van der Waals surface area contributed by atoms with Gasteiger partial charge in [0.2, 0.25) is 0 Å². The zero-order valence-corrected chi connectivity index (χ0v) is 11.0. The van der Waals surface area contributed by atoms with Crippen LogP contribution >= 0.6 is 0 Å². The van der Waals surface area contributed by atoms with Gasteiger partial charge in [-0.15, -0.1) is 0 Å². The Morgan fingerprint density at radius 3 is 1.88 bits per heavy atom. The zero-order valence-electron chi connectivity index (χ0n) is 11.0. The van der Waals surface area contributed by atoms with E-state index in [1.165, 1.54) is 44.9 Å². The SMILES string of the molecule is CCCCCCCCCC[N+]1([O-])CCCC1. The largest absolute Gasteiger partial charge is 0.633 e. The van der Waals surface area contributed by atoms with Gasteiger partial charge >= 0.3 is 0 Å². The molecule has 2 heteroatoms. The van der Waals surface area contributed by atoms with Crippen molar-refractivity contribution in [2.45, 2.75) is 71.1 Å². The topological polar surface area (TPSA) is 23.1 Å². The Morgan fingerprint density at radius 1 is 0.812 bits per heavy atom. The average Bonchev–Trinajstić information content (AvgIpc) is 2.70. The minimum absolute atomic E-state index is 0.121. The first-order valence-corrected chi connectivity index (χ1v) is 7.34. The maximum absolute atomic E-state index is 12.0. The second-order valence-corrected chi connectivity index (χ2v) is 5.41. The first kappa shape index (κ1) is 14.0. The average molecular weight is 227 g/mol. The van der Waals surface area contributed by atoms with Gasteiger partial charge in [-0.2, -0.15) is 0 Å². The Kier molecular flexibility index (Phi) is 7.06. The predicted molar refractivity (Wildman–Crippen MR) is 70.1 cm³/mol. The number of hydrogen-bond acceptors (Lipinski definition) is 1. The van der Waals surface area contributed by atoms with Gasteiger partial charge < -0.3 is 9.85 Å². The lowest BCUT2D eigenvalue weighted by atomic mass is 10.1.